The van der Waals surface area contributed by atoms with Gasteiger partial charge in [-0.15, -0.1) is 0 Å². The Balaban J connectivity index is 1.17. The number of amides is 2. The van der Waals surface area contributed by atoms with Crippen LogP contribution in [0.15, 0.2) is 67.6 Å². The van der Waals surface area contributed by atoms with Crippen LogP contribution in [-0.4, -0.2) is 84.2 Å². The quantitative estimate of drug-likeness (QED) is 0.451. The molecule has 2 saturated heterocycles. The van der Waals surface area contributed by atoms with E-state index in [0.29, 0.717) is 31.7 Å². The molecule has 2 aliphatic rings. The maximum Gasteiger partial charge on any atom is 0.254 e. The molecule has 3 unspecified atom stereocenters. The summed E-state index contributed by atoms with van der Waals surface area (Å²) in [5, 5.41) is 4.20. The predicted octanol–water partition coefficient (Wildman–Crippen LogP) is 1.91. The number of hydrogen-bond acceptors (Lipinski definition) is 6. The van der Waals surface area contributed by atoms with E-state index >= 15 is 0 Å². The van der Waals surface area contributed by atoms with Crippen LogP contribution in [0.4, 0.5) is 0 Å². The van der Waals surface area contributed by atoms with Crippen LogP contribution in [0, 0.1) is 0 Å². The van der Waals surface area contributed by atoms with Gasteiger partial charge in [0.25, 0.3) is 5.91 Å². The first-order valence-electron chi connectivity index (χ1n) is 11.7. The fraction of sp³-hybridized carbons (Fsp3) is 0.320. The Morgan fingerprint density at radius 2 is 1.83 bits per heavy atom. The Hall–Kier alpha value is -4.05. The zero-order valence-electron chi connectivity index (χ0n) is 19.3. The fourth-order valence-corrected chi connectivity index (χ4v) is 5.00. The van der Waals surface area contributed by atoms with E-state index in [0.717, 1.165) is 16.8 Å². The molecule has 2 aliphatic heterocycles. The summed E-state index contributed by atoms with van der Waals surface area (Å²) < 4.78 is 9.61. The number of morpholine rings is 2. The van der Waals surface area contributed by atoms with Gasteiger partial charge in [0.1, 0.15) is 12.4 Å². The van der Waals surface area contributed by atoms with Crippen molar-refractivity contribution in [3.8, 4) is 11.1 Å². The Morgan fingerprint density at radius 3 is 2.60 bits per heavy atom. The Kier molecular flexibility index (Phi) is 5.29. The smallest absolute Gasteiger partial charge is 0.254 e. The number of rotatable bonds is 4. The highest BCUT2D eigenvalue weighted by molar-refractivity contribution is 5.96. The molecule has 0 spiro atoms. The average Bonchev–Trinajstić information content (AvgIpc) is 3.59. The van der Waals surface area contributed by atoms with Crippen LogP contribution in [0.25, 0.3) is 16.8 Å². The lowest BCUT2D eigenvalue weighted by molar-refractivity contribution is -0.159. The summed E-state index contributed by atoms with van der Waals surface area (Å²) in [4.78, 5) is 38.6. The van der Waals surface area contributed by atoms with E-state index in [1.165, 1.54) is 6.33 Å². The first-order chi connectivity index (χ1) is 17.1. The average molecular weight is 472 g/mol. The highest BCUT2D eigenvalue weighted by Crippen LogP contribution is 2.26. The maximum absolute atomic E-state index is 13.5. The molecule has 3 aromatic heterocycles. The topological polar surface area (TPSA) is 97.9 Å². The molecule has 10 heteroatoms. The van der Waals surface area contributed by atoms with Gasteiger partial charge in [0.05, 0.1) is 18.5 Å². The fourth-order valence-electron chi connectivity index (χ4n) is 5.00. The van der Waals surface area contributed by atoms with Crippen molar-refractivity contribution in [1.82, 2.24) is 33.9 Å². The summed E-state index contributed by atoms with van der Waals surface area (Å²) in [7, 11) is 0. The number of carbonyl (C=O) groups excluding carboxylic acids is 2. The minimum atomic E-state index is -0.327. The third-order valence-corrected chi connectivity index (χ3v) is 6.73. The van der Waals surface area contributed by atoms with Crippen molar-refractivity contribution in [2.24, 2.45) is 0 Å². The van der Waals surface area contributed by atoms with E-state index in [-0.39, 0.29) is 30.1 Å². The summed E-state index contributed by atoms with van der Waals surface area (Å²) in [6.45, 7) is 3.70. The van der Waals surface area contributed by atoms with E-state index in [4.69, 9.17) is 4.74 Å². The van der Waals surface area contributed by atoms with Crippen molar-refractivity contribution in [2.45, 2.75) is 25.2 Å². The second kappa shape index (κ2) is 8.62. The predicted molar refractivity (Wildman–Crippen MR) is 127 cm³/mol. The lowest BCUT2D eigenvalue weighted by atomic mass is 10.0. The molecule has 0 N–H and O–H groups in total. The minimum absolute atomic E-state index is 0.0369. The van der Waals surface area contributed by atoms with Gasteiger partial charge in [-0.1, -0.05) is 12.1 Å². The summed E-state index contributed by atoms with van der Waals surface area (Å²) >= 11 is 0. The van der Waals surface area contributed by atoms with Gasteiger partial charge in [0, 0.05) is 55.9 Å². The van der Waals surface area contributed by atoms with Gasteiger partial charge in [-0.3, -0.25) is 9.59 Å². The molecule has 2 bridgehead atoms. The van der Waals surface area contributed by atoms with Crippen LogP contribution >= 0.6 is 0 Å². The third kappa shape index (κ3) is 3.95. The number of benzene rings is 1. The Morgan fingerprint density at radius 1 is 1.03 bits per heavy atom. The van der Waals surface area contributed by atoms with Crippen LogP contribution in [-0.2, 0) is 9.53 Å². The largest absolute Gasteiger partial charge is 0.368 e. The van der Waals surface area contributed by atoms with E-state index in [2.05, 4.69) is 15.1 Å². The van der Waals surface area contributed by atoms with Gasteiger partial charge in [0.2, 0.25) is 5.91 Å². The lowest BCUT2D eigenvalue weighted by Gasteiger charge is -2.46. The van der Waals surface area contributed by atoms with Crippen molar-refractivity contribution in [2.75, 3.05) is 26.2 Å². The van der Waals surface area contributed by atoms with Crippen LogP contribution < -0.4 is 0 Å². The number of aromatic nitrogens is 5. The molecule has 0 radical (unpaired) electrons. The molecule has 1 aromatic carbocycles. The number of imidazole rings is 1. The van der Waals surface area contributed by atoms with Crippen molar-refractivity contribution in [3.05, 3.63) is 73.2 Å². The molecule has 6 rings (SSSR count). The third-order valence-electron chi connectivity index (χ3n) is 6.73. The van der Waals surface area contributed by atoms with Crippen molar-refractivity contribution in [1.29, 1.82) is 0 Å². The second-order valence-corrected chi connectivity index (χ2v) is 9.05. The van der Waals surface area contributed by atoms with Gasteiger partial charge in [-0.25, -0.2) is 14.5 Å². The van der Waals surface area contributed by atoms with Crippen molar-refractivity contribution in [3.63, 3.8) is 0 Å². The van der Waals surface area contributed by atoms with Crippen LogP contribution in [0.2, 0.25) is 0 Å². The summed E-state index contributed by atoms with van der Waals surface area (Å²) in [5.74, 6) is 0.00145. The Labute approximate surface area is 201 Å². The molecule has 4 aromatic rings. The minimum Gasteiger partial charge on any atom is -0.368 e. The van der Waals surface area contributed by atoms with E-state index in [9.17, 15) is 9.59 Å². The molecule has 3 atom stereocenters. The first-order valence-corrected chi connectivity index (χ1v) is 11.7. The standard InChI is InChI=1S/C25H25N7O3/c1-17(29-9-7-26-16-29)24(33)30-11-20-13-31(14-21(12-30)35-20)25(34)19-5-2-4-18(10-19)22-6-3-8-32-23(22)27-15-28-32/h2-10,15-17,20-21H,11-14H2,1H3. The lowest BCUT2D eigenvalue weighted by Crippen LogP contribution is -2.62. The van der Waals surface area contributed by atoms with E-state index in [1.807, 2.05) is 59.3 Å². The van der Waals surface area contributed by atoms with E-state index < -0.39 is 0 Å². The zero-order chi connectivity index (χ0) is 23.9. The second-order valence-electron chi connectivity index (χ2n) is 9.05. The van der Waals surface area contributed by atoms with Gasteiger partial charge >= 0.3 is 0 Å². The summed E-state index contributed by atoms with van der Waals surface area (Å²) in [5.41, 5.74) is 3.19. The molecular weight excluding hydrogens is 446 g/mol. The molecule has 5 heterocycles. The molecule has 35 heavy (non-hydrogen) atoms. The normalized spacial score (nSPS) is 20.7. The number of pyridine rings is 1. The molecule has 2 fully saturated rings. The van der Waals surface area contributed by atoms with Gasteiger partial charge in [-0.05, 0) is 36.8 Å². The van der Waals surface area contributed by atoms with E-state index in [1.54, 1.807) is 27.8 Å². The first kappa shape index (κ1) is 21.5. The molecular formula is C25H25N7O3. The monoisotopic (exact) mass is 471 g/mol. The van der Waals surface area contributed by atoms with Crippen LogP contribution in [0.3, 0.4) is 0 Å². The molecule has 0 saturated carbocycles. The number of hydrogen-bond donors (Lipinski definition) is 0. The number of fused-ring (bicyclic) bond motifs is 3. The maximum atomic E-state index is 13.5. The SMILES string of the molecule is CC(C(=O)N1CC2CN(C(=O)c3cccc(-c4cccn5ncnc45)c3)CC(C1)O2)n1ccnc1. The molecule has 2 amide bonds. The van der Waals surface area contributed by atoms with Crippen LogP contribution in [0.5, 0.6) is 0 Å². The van der Waals surface area contributed by atoms with Crippen LogP contribution in [0.1, 0.15) is 23.3 Å². The highest BCUT2D eigenvalue weighted by atomic mass is 16.5. The number of nitrogens with zero attached hydrogens (tertiary/aromatic N) is 7. The molecule has 0 aliphatic carbocycles. The Bertz CT molecular complexity index is 1370. The van der Waals surface area contributed by atoms with Crippen molar-refractivity contribution < 1.29 is 14.3 Å². The van der Waals surface area contributed by atoms with Gasteiger partial charge < -0.3 is 19.1 Å². The molecule has 10 nitrogen and oxygen atoms in total. The highest BCUT2D eigenvalue weighted by Gasteiger charge is 2.39. The van der Waals surface area contributed by atoms with Gasteiger partial charge in [0.15, 0.2) is 5.65 Å². The zero-order valence-corrected chi connectivity index (χ0v) is 19.3. The number of ether oxygens (including phenoxy) is 1. The summed E-state index contributed by atoms with van der Waals surface area (Å²) in [6, 6.07) is 11.2. The molecule has 178 valence electrons. The number of carbonyl (C=O) groups is 2. The van der Waals surface area contributed by atoms with Gasteiger partial charge in [-0.2, -0.15) is 5.10 Å². The van der Waals surface area contributed by atoms with Crippen molar-refractivity contribution >= 4 is 17.5 Å². The summed E-state index contributed by atoms with van der Waals surface area (Å²) in [6.07, 6.45) is 8.06.